The second kappa shape index (κ2) is 5.32. The topological polar surface area (TPSA) is 38.9 Å². The van der Waals surface area contributed by atoms with E-state index in [0.29, 0.717) is 0 Å². The average Bonchev–Trinajstić information content (AvgIpc) is 2.37. The molecule has 1 unspecified atom stereocenters. The molecule has 1 atom stereocenters. The first-order chi connectivity index (χ1) is 9.32. The van der Waals surface area contributed by atoms with Gasteiger partial charge in [-0.2, -0.15) is 13.2 Å². The predicted octanol–water partition coefficient (Wildman–Crippen LogP) is 3.50. The first-order valence-electron chi connectivity index (χ1n) is 5.81. The van der Waals surface area contributed by atoms with E-state index in [1.807, 2.05) is 0 Å². The summed E-state index contributed by atoms with van der Waals surface area (Å²) < 4.78 is 64.7. The third-order valence-corrected chi connectivity index (χ3v) is 3.03. The van der Waals surface area contributed by atoms with Gasteiger partial charge in [-0.25, -0.2) is 8.78 Å². The molecule has 1 aliphatic carbocycles. The van der Waals surface area contributed by atoms with Gasteiger partial charge in [0.05, 0.1) is 11.6 Å². The molecule has 0 amide bonds. The SMILES string of the molecule is NCc1ncc(C2=C(F)CC(C(F)(F)F)C=C2)cc1F. The van der Waals surface area contributed by atoms with Crippen LogP contribution in [0.3, 0.4) is 0 Å². The van der Waals surface area contributed by atoms with Crippen LogP contribution in [-0.2, 0) is 6.54 Å². The lowest BCUT2D eigenvalue weighted by Gasteiger charge is -2.20. The van der Waals surface area contributed by atoms with Crippen LogP contribution in [0.15, 0.2) is 30.2 Å². The Morgan fingerprint density at radius 1 is 1.30 bits per heavy atom. The molecule has 0 saturated heterocycles. The Bertz CT molecular complexity index is 575. The molecule has 0 bridgehead atoms. The summed E-state index contributed by atoms with van der Waals surface area (Å²) in [5, 5.41) is 0. The van der Waals surface area contributed by atoms with Crippen molar-refractivity contribution < 1.29 is 22.0 Å². The van der Waals surface area contributed by atoms with Crippen LogP contribution in [0.1, 0.15) is 17.7 Å². The molecule has 2 rings (SSSR count). The first kappa shape index (κ1) is 14.6. The van der Waals surface area contributed by atoms with Gasteiger partial charge < -0.3 is 5.73 Å². The van der Waals surface area contributed by atoms with Crippen LogP contribution >= 0.6 is 0 Å². The summed E-state index contributed by atoms with van der Waals surface area (Å²) in [6.45, 7) is -0.111. The van der Waals surface area contributed by atoms with Crippen molar-refractivity contribution >= 4 is 5.57 Å². The number of alkyl halides is 3. The maximum Gasteiger partial charge on any atom is 0.395 e. The molecule has 1 aromatic rings. The zero-order valence-electron chi connectivity index (χ0n) is 10.2. The average molecular weight is 290 g/mol. The van der Waals surface area contributed by atoms with Crippen LogP contribution in [0.2, 0.25) is 0 Å². The molecule has 0 saturated carbocycles. The van der Waals surface area contributed by atoms with Crippen molar-refractivity contribution in [3.63, 3.8) is 0 Å². The smallest absolute Gasteiger partial charge is 0.325 e. The number of allylic oxidation sites excluding steroid dienone is 4. The van der Waals surface area contributed by atoms with Gasteiger partial charge in [0.25, 0.3) is 0 Å². The number of nitrogens with zero attached hydrogens (tertiary/aromatic N) is 1. The molecule has 2 nitrogen and oxygen atoms in total. The Morgan fingerprint density at radius 2 is 2.00 bits per heavy atom. The monoisotopic (exact) mass is 290 g/mol. The van der Waals surface area contributed by atoms with Crippen molar-refractivity contribution in [1.29, 1.82) is 0 Å². The van der Waals surface area contributed by atoms with Crippen molar-refractivity contribution in [2.75, 3.05) is 0 Å². The van der Waals surface area contributed by atoms with E-state index in [-0.39, 0.29) is 23.4 Å². The van der Waals surface area contributed by atoms with Gasteiger partial charge >= 0.3 is 6.18 Å². The van der Waals surface area contributed by atoms with Crippen molar-refractivity contribution in [2.45, 2.75) is 19.1 Å². The molecule has 1 heterocycles. The largest absolute Gasteiger partial charge is 0.395 e. The molecule has 1 aromatic heterocycles. The molecule has 108 valence electrons. The van der Waals surface area contributed by atoms with E-state index in [1.165, 1.54) is 6.20 Å². The zero-order valence-corrected chi connectivity index (χ0v) is 10.2. The Kier molecular flexibility index (Phi) is 3.89. The summed E-state index contributed by atoms with van der Waals surface area (Å²) >= 11 is 0. The molecule has 0 aromatic carbocycles. The maximum absolute atomic E-state index is 13.8. The standard InChI is InChI=1S/C13H11F5N2/c14-10-4-8(13(16,17)18)1-2-9(10)7-3-11(15)12(5-19)20-6-7/h1-3,6,8H,4-5,19H2. The van der Waals surface area contributed by atoms with Crippen LogP contribution < -0.4 is 5.73 Å². The van der Waals surface area contributed by atoms with E-state index in [1.54, 1.807) is 0 Å². The van der Waals surface area contributed by atoms with Gasteiger partial charge in [-0.1, -0.05) is 12.2 Å². The molecular weight excluding hydrogens is 279 g/mol. The lowest BCUT2D eigenvalue weighted by atomic mass is 9.92. The number of halogens is 5. The highest BCUT2D eigenvalue weighted by Crippen LogP contribution is 2.39. The molecule has 0 radical (unpaired) electrons. The lowest BCUT2D eigenvalue weighted by Crippen LogP contribution is -2.22. The third kappa shape index (κ3) is 2.87. The lowest BCUT2D eigenvalue weighted by molar-refractivity contribution is -0.161. The molecular formula is C13H11F5N2. The van der Waals surface area contributed by atoms with Crippen molar-refractivity contribution in [1.82, 2.24) is 4.98 Å². The van der Waals surface area contributed by atoms with Crippen LogP contribution in [-0.4, -0.2) is 11.2 Å². The van der Waals surface area contributed by atoms with Crippen LogP contribution in [0.5, 0.6) is 0 Å². The summed E-state index contributed by atoms with van der Waals surface area (Å²) in [6, 6.07) is 1.02. The van der Waals surface area contributed by atoms with Gasteiger partial charge in [0.1, 0.15) is 11.6 Å². The van der Waals surface area contributed by atoms with E-state index < -0.39 is 30.2 Å². The summed E-state index contributed by atoms with van der Waals surface area (Å²) in [5.74, 6) is -3.50. The van der Waals surface area contributed by atoms with E-state index in [9.17, 15) is 22.0 Å². The number of hydrogen-bond donors (Lipinski definition) is 1. The van der Waals surface area contributed by atoms with Crippen molar-refractivity contribution in [2.24, 2.45) is 11.7 Å². The van der Waals surface area contributed by atoms with E-state index in [0.717, 1.165) is 18.2 Å². The Morgan fingerprint density at radius 3 is 2.50 bits per heavy atom. The second-order valence-corrected chi connectivity index (χ2v) is 4.39. The predicted molar refractivity (Wildman–Crippen MR) is 63.4 cm³/mol. The highest BCUT2D eigenvalue weighted by molar-refractivity contribution is 5.76. The summed E-state index contributed by atoms with van der Waals surface area (Å²) in [4.78, 5) is 3.72. The Labute approximate surface area is 111 Å². The highest BCUT2D eigenvalue weighted by atomic mass is 19.4. The van der Waals surface area contributed by atoms with Gasteiger partial charge in [-0.05, 0) is 6.07 Å². The Hall–Kier alpha value is -1.76. The maximum atomic E-state index is 13.8. The third-order valence-electron chi connectivity index (χ3n) is 3.03. The van der Waals surface area contributed by atoms with Crippen LogP contribution in [0, 0.1) is 11.7 Å². The van der Waals surface area contributed by atoms with Crippen LogP contribution in [0.4, 0.5) is 22.0 Å². The fraction of sp³-hybridized carbons (Fsp3) is 0.308. The number of nitrogens with two attached hydrogens (primary N) is 1. The number of rotatable bonds is 2. The molecule has 0 aliphatic heterocycles. The zero-order chi connectivity index (χ0) is 14.9. The minimum absolute atomic E-state index is 0.0164. The summed E-state index contributed by atoms with van der Waals surface area (Å²) in [5.41, 5.74) is 5.27. The molecule has 20 heavy (non-hydrogen) atoms. The normalized spacial score (nSPS) is 19.6. The molecule has 2 N–H and O–H groups in total. The second-order valence-electron chi connectivity index (χ2n) is 4.39. The summed E-state index contributed by atoms with van der Waals surface area (Å²) in [7, 11) is 0. The number of pyridine rings is 1. The molecule has 7 heteroatoms. The highest BCUT2D eigenvalue weighted by Gasteiger charge is 2.40. The van der Waals surface area contributed by atoms with E-state index >= 15 is 0 Å². The minimum atomic E-state index is -4.49. The quantitative estimate of drug-likeness (QED) is 0.847. The van der Waals surface area contributed by atoms with Crippen molar-refractivity contribution in [3.8, 4) is 0 Å². The fourth-order valence-corrected chi connectivity index (χ4v) is 1.92. The summed E-state index contributed by atoms with van der Waals surface area (Å²) in [6.07, 6.45) is -2.21. The first-order valence-corrected chi connectivity index (χ1v) is 5.81. The van der Waals surface area contributed by atoms with Crippen molar-refractivity contribution in [3.05, 3.63) is 47.3 Å². The fourth-order valence-electron chi connectivity index (χ4n) is 1.92. The van der Waals surface area contributed by atoms with Crippen LogP contribution in [0.25, 0.3) is 5.57 Å². The van der Waals surface area contributed by atoms with Gasteiger partial charge in [-0.15, -0.1) is 0 Å². The van der Waals surface area contributed by atoms with Gasteiger partial charge in [0.15, 0.2) is 0 Å². The number of aromatic nitrogens is 1. The van der Waals surface area contributed by atoms with E-state index in [2.05, 4.69) is 4.98 Å². The Balaban J connectivity index is 2.31. The minimum Gasteiger partial charge on any atom is -0.325 e. The van der Waals surface area contributed by atoms with Gasteiger partial charge in [0, 0.05) is 30.3 Å². The van der Waals surface area contributed by atoms with E-state index in [4.69, 9.17) is 5.73 Å². The van der Waals surface area contributed by atoms with Gasteiger partial charge in [-0.3, -0.25) is 4.98 Å². The van der Waals surface area contributed by atoms with Gasteiger partial charge in [0.2, 0.25) is 0 Å². The molecule has 1 aliphatic rings. The number of hydrogen-bond acceptors (Lipinski definition) is 2. The molecule has 0 fully saturated rings. The molecule has 0 spiro atoms.